The highest BCUT2D eigenvalue weighted by molar-refractivity contribution is 6.30. The van der Waals surface area contributed by atoms with Crippen LogP contribution >= 0.6 is 11.6 Å². The second kappa shape index (κ2) is 7.45. The molecule has 1 aliphatic rings. The molecule has 0 unspecified atom stereocenters. The zero-order valence-electron chi connectivity index (χ0n) is 15.1. The number of carbonyl (C=O) groups is 1. The number of amides is 1. The van der Waals surface area contributed by atoms with E-state index in [1.165, 1.54) is 0 Å². The van der Waals surface area contributed by atoms with Crippen molar-refractivity contribution in [3.05, 3.63) is 95.0 Å². The third kappa shape index (κ3) is 3.56. The third-order valence-electron chi connectivity index (χ3n) is 5.01. The van der Waals surface area contributed by atoms with Crippen molar-refractivity contribution >= 4 is 28.9 Å². The Morgan fingerprint density at radius 3 is 2.37 bits per heavy atom. The van der Waals surface area contributed by atoms with Crippen LogP contribution in [-0.4, -0.2) is 11.9 Å². The van der Waals surface area contributed by atoms with E-state index in [4.69, 9.17) is 11.6 Å². The Labute approximate surface area is 164 Å². The first-order valence-corrected chi connectivity index (χ1v) is 9.51. The molecule has 136 valence electrons. The van der Waals surface area contributed by atoms with E-state index in [-0.39, 0.29) is 18.0 Å². The van der Waals surface area contributed by atoms with Crippen molar-refractivity contribution < 1.29 is 4.79 Å². The van der Waals surface area contributed by atoms with Gasteiger partial charge in [-0.05, 0) is 61.4 Å². The van der Waals surface area contributed by atoms with Crippen LogP contribution in [0.4, 0.5) is 11.4 Å². The number of hydrogen-bond donors (Lipinski definition) is 1. The molecule has 2 atom stereocenters. The van der Waals surface area contributed by atoms with Crippen LogP contribution in [0.1, 0.15) is 35.3 Å². The second-order valence-electron chi connectivity index (χ2n) is 6.89. The predicted octanol–water partition coefficient (Wildman–Crippen LogP) is 5.93. The average Bonchev–Trinajstić information content (AvgIpc) is 2.70. The van der Waals surface area contributed by atoms with Gasteiger partial charge in [0.1, 0.15) is 0 Å². The van der Waals surface area contributed by atoms with Crippen LogP contribution in [0.5, 0.6) is 0 Å². The molecule has 3 nitrogen and oxygen atoms in total. The van der Waals surface area contributed by atoms with Gasteiger partial charge in [0.2, 0.25) is 0 Å². The number of rotatable bonds is 3. The lowest BCUT2D eigenvalue weighted by Gasteiger charge is -2.40. The number of nitrogens with zero attached hydrogens (tertiary/aromatic N) is 1. The standard InChI is InChI=1S/C23H21ClN2O/c1-16-15-21(25-19-13-11-18(24)12-14-19)20-9-5-6-10-22(20)26(16)23(27)17-7-3-2-4-8-17/h2-14,16,21,25H,15H2,1H3/t16-,21+/m1/s1. The molecule has 3 aromatic rings. The van der Waals surface area contributed by atoms with Gasteiger partial charge in [-0.3, -0.25) is 4.79 Å². The zero-order valence-corrected chi connectivity index (χ0v) is 15.9. The first-order valence-electron chi connectivity index (χ1n) is 9.13. The number of hydrogen-bond acceptors (Lipinski definition) is 2. The number of nitrogens with one attached hydrogen (secondary N) is 1. The van der Waals surface area contributed by atoms with Crippen LogP contribution in [0.2, 0.25) is 5.02 Å². The molecule has 0 aliphatic carbocycles. The van der Waals surface area contributed by atoms with E-state index < -0.39 is 0 Å². The van der Waals surface area contributed by atoms with Gasteiger partial charge in [-0.25, -0.2) is 0 Å². The van der Waals surface area contributed by atoms with E-state index in [2.05, 4.69) is 18.3 Å². The number of benzene rings is 3. The van der Waals surface area contributed by atoms with Crippen molar-refractivity contribution in [2.75, 3.05) is 10.2 Å². The van der Waals surface area contributed by atoms with Crippen LogP contribution in [0, 0.1) is 0 Å². The lowest BCUT2D eigenvalue weighted by atomic mass is 9.90. The summed E-state index contributed by atoms with van der Waals surface area (Å²) in [6.45, 7) is 2.10. The van der Waals surface area contributed by atoms with Crippen molar-refractivity contribution in [1.29, 1.82) is 0 Å². The molecule has 0 spiro atoms. The molecule has 1 heterocycles. The predicted molar refractivity (Wildman–Crippen MR) is 112 cm³/mol. The summed E-state index contributed by atoms with van der Waals surface area (Å²) in [5, 5.41) is 4.32. The largest absolute Gasteiger partial charge is 0.378 e. The van der Waals surface area contributed by atoms with Crippen LogP contribution in [0.25, 0.3) is 0 Å². The Kier molecular flexibility index (Phi) is 4.87. The minimum absolute atomic E-state index is 0.0421. The number of halogens is 1. The summed E-state index contributed by atoms with van der Waals surface area (Å²) in [5.74, 6) is 0.0421. The van der Waals surface area contributed by atoms with Crippen LogP contribution in [0.15, 0.2) is 78.9 Å². The highest BCUT2D eigenvalue weighted by Crippen LogP contribution is 2.39. The molecule has 0 fully saturated rings. The fourth-order valence-electron chi connectivity index (χ4n) is 3.73. The molecular weight excluding hydrogens is 356 g/mol. The van der Waals surface area contributed by atoms with Crippen molar-refractivity contribution in [3.63, 3.8) is 0 Å². The van der Waals surface area contributed by atoms with Gasteiger partial charge >= 0.3 is 0 Å². The molecule has 4 heteroatoms. The number of anilines is 2. The minimum atomic E-state index is 0.0421. The second-order valence-corrected chi connectivity index (χ2v) is 7.32. The highest BCUT2D eigenvalue weighted by atomic mass is 35.5. The Morgan fingerprint density at radius 2 is 1.63 bits per heavy atom. The van der Waals surface area contributed by atoms with Gasteiger partial charge < -0.3 is 10.2 Å². The minimum Gasteiger partial charge on any atom is -0.378 e. The Balaban J connectivity index is 1.68. The van der Waals surface area contributed by atoms with Gasteiger partial charge in [0.05, 0.1) is 6.04 Å². The smallest absolute Gasteiger partial charge is 0.258 e. The summed E-state index contributed by atoms with van der Waals surface area (Å²) < 4.78 is 0. The van der Waals surface area contributed by atoms with Gasteiger partial charge in [-0.1, -0.05) is 48.0 Å². The molecule has 1 N–H and O–H groups in total. The third-order valence-corrected chi connectivity index (χ3v) is 5.27. The van der Waals surface area contributed by atoms with E-state index in [9.17, 15) is 4.79 Å². The molecule has 0 aromatic heterocycles. The van der Waals surface area contributed by atoms with E-state index >= 15 is 0 Å². The van der Waals surface area contributed by atoms with Gasteiger partial charge in [-0.15, -0.1) is 0 Å². The Hall–Kier alpha value is -2.78. The molecule has 27 heavy (non-hydrogen) atoms. The molecule has 0 saturated heterocycles. The molecular formula is C23H21ClN2O. The molecule has 3 aromatic carbocycles. The average molecular weight is 377 g/mol. The van der Waals surface area contributed by atoms with Crippen molar-refractivity contribution in [2.45, 2.75) is 25.4 Å². The normalized spacial score (nSPS) is 18.7. The van der Waals surface area contributed by atoms with E-state index in [1.807, 2.05) is 77.7 Å². The van der Waals surface area contributed by atoms with E-state index in [0.717, 1.165) is 28.4 Å². The maximum atomic E-state index is 13.2. The summed E-state index contributed by atoms with van der Waals surface area (Å²) in [5.41, 5.74) is 3.84. The SMILES string of the molecule is C[C@@H]1C[C@H](Nc2ccc(Cl)cc2)c2ccccc2N1C(=O)c1ccccc1. The maximum absolute atomic E-state index is 13.2. The summed E-state index contributed by atoms with van der Waals surface area (Å²) >= 11 is 6.00. The van der Waals surface area contributed by atoms with Crippen LogP contribution in [-0.2, 0) is 0 Å². The van der Waals surface area contributed by atoms with Gasteiger partial charge in [0.15, 0.2) is 0 Å². The molecule has 0 radical (unpaired) electrons. The number of para-hydroxylation sites is 1. The number of carbonyl (C=O) groups excluding carboxylic acids is 1. The zero-order chi connectivity index (χ0) is 18.8. The fourth-order valence-corrected chi connectivity index (χ4v) is 3.85. The van der Waals surface area contributed by atoms with Gasteiger partial charge in [0, 0.05) is 28.0 Å². The van der Waals surface area contributed by atoms with Crippen LogP contribution in [0.3, 0.4) is 0 Å². The van der Waals surface area contributed by atoms with Crippen LogP contribution < -0.4 is 10.2 Å². The lowest BCUT2D eigenvalue weighted by Crippen LogP contribution is -2.44. The van der Waals surface area contributed by atoms with Gasteiger partial charge in [-0.2, -0.15) is 0 Å². The van der Waals surface area contributed by atoms with Crippen molar-refractivity contribution in [3.8, 4) is 0 Å². The summed E-state index contributed by atoms with van der Waals surface area (Å²) in [6.07, 6.45) is 0.832. The molecule has 1 aliphatic heterocycles. The molecule has 1 amide bonds. The molecule has 0 bridgehead atoms. The lowest BCUT2D eigenvalue weighted by molar-refractivity contribution is 0.0974. The molecule has 4 rings (SSSR count). The highest BCUT2D eigenvalue weighted by Gasteiger charge is 2.33. The fraction of sp³-hybridized carbons (Fsp3) is 0.174. The van der Waals surface area contributed by atoms with E-state index in [0.29, 0.717) is 5.56 Å². The summed E-state index contributed by atoms with van der Waals surface area (Å²) in [4.78, 5) is 15.1. The van der Waals surface area contributed by atoms with Crippen molar-refractivity contribution in [1.82, 2.24) is 0 Å². The van der Waals surface area contributed by atoms with E-state index in [1.54, 1.807) is 0 Å². The first kappa shape index (κ1) is 17.6. The topological polar surface area (TPSA) is 32.3 Å². The quantitative estimate of drug-likeness (QED) is 0.614. The number of fused-ring (bicyclic) bond motifs is 1. The van der Waals surface area contributed by atoms with Gasteiger partial charge in [0.25, 0.3) is 5.91 Å². The maximum Gasteiger partial charge on any atom is 0.258 e. The molecule has 0 saturated carbocycles. The Bertz CT molecular complexity index is 940. The first-order chi connectivity index (χ1) is 13.1. The summed E-state index contributed by atoms with van der Waals surface area (Å²) in [7, 11) is 0. The monoisotopic (exact) mass is 376 g/mol. The Morgan fingerprint density at radius 1 is 0.963 bits per heavy atom. The van der Waals surface area contributed by atoms with Crippen molar-refractivity contribution in [2.24, 2.45) is 0 Å². The summed E-state index contributed by atoms with van der Waals surface area (Å²) in [6, 6.07) is 25.6.